The zero-order chi connectivity index (χ0) is 19.3. The SMILES string of the molecule is CC1(C)CC(=O)C2=C(C1)Nc1ccc(Cl)cc1N[C@H]2c1c(F)cccc1Cl. The largest absolute Gasteiger partial charge is 0.372 e. The van der Waals surface area contributed by atoms with Crippen LogP contribution >= 0.6 is 23.2 Å². The molecule has 2 aromatic rings. The number of anilines is 2. The molecule has 0 bridgehead atoms. The number of carbonyl (C=O) groups excluding carboxylic acids is 1. The van der Waals surface area contributed by atoms with Gasteiger partial charge in [-0.2, -0.15) is 0 Å². The quantitative estimate of drug-likeness (QED) is 0.581. The summed E-state index contributed by atoms with van der Waals surface area (Å²) in [6.45, 7) is 4.12. The highest BCUT2D eigenvalue weighted by molar-refractivity contribution is 6.31. The molecule has 2 aliphatic rings. The van der Waals surface area contributed by atoms with Crippen molar-refractivity contribution in [2.75, 3.05) is 10.6 Å². The Labute approximate surface area is 167 Å². The van der Waals surface area contributed by atoms with Gasteiger partial charge in [0.1, 0.15) is 5.82 Å². The van der Waals surface area contributed by atoms with E-state index < -0.39 is 11.9 Å². The molecule has 0 saturated carbocycles. The van der Waals surface area contributed by atoms with Gasteiger partial charge < -0.3 is 10.6 Å². The van der Waals surface area contributed by atoms with Crippen LogP contribution in [0.2, 0.25) is 10.0 Å². The van der Waals surface area contributed by atoms with Crippen LogP contribution in [0.5, 0.6) is 0 Å². The van der Waals surface area contributed by atoms with Gasteiger partial charge >= 0.3 is 0 Å². The maximum absolute atomic E-state index is 14.8. The molecule has 1 atom stereocenters. The third-order valence-electron chi connectivity index (χ3n) is 5.06. The van der Waals surface area contributed by atoms with Gasteiger partial charge in [-0.1, -0.05) is 43.1 Å². The molecule has 1 heterocycles. The van der Waals surface area contributed by atoms with Crippen LogP contribution in [0.1, 0.15) is 38.3 Å². The molecule has 0 radical (unpaired) electrons. The summed E-state index contributed by atoms with van der Waals surface area (Å²) in [6.07, 6.45) is 1.08. The van der Waals surface area contributed by atoms with E-state index in [0.717, 1.165) is 11.4 Å². The fourth-order valence-electron chi connectivity index (χ4n) is 3.92. The van der Waals surface area contributed by atoms with Crippen molar-refractivity contribution in [3.63, 3.8) is 0 Å². The van der Waals surface area contributed by atoms with E-state index in [4.69, 9.17) is 23.2 Å². The van der Waals surface area contributed by atoms with Crippen LogP contribution in [-0.2, 0) is 4.79 Å². The summed E-state index contributed by atoms with van der Waals surface area (Å²) in [4.78, 5) is 13.1. The number of benzene rings is 2. The Kier molecular flexibility index (Phi) is 4.44. The van der Waals surface area contributed by atoms with Crippen molar-refractivity contribution in [2.45, 2.75) is 32.7 Å². The van der Waals surface area contributed by atoms with Crippen LogP contribution < -0.4 is 10.6 Å². The van der Waals surface area contributed by atoms with E-state index in [9.17, 15) is 9.18 Å². The number of allylic oxidation sites excluding steroid dienone is 1. The van der Waals surface area contributed by atoms with Gasteiger partial charge in [0.2, 0.25) is 0 Å². The van der Waals surface area contributed by atoms with Gasteiger partial charge in [-0.25, -0.2) is 4.39 Å². The third-order valence-corrected chi connectivity index (χ3v) is 5.63. The number of halogens is 3. The molecule has 1 aliphatic heterocycles. The average Bonchev–Trinajstić information content (AvgIpc) is 2.69. The number of hydrogen-bond donors (Lipinski definition) is 2. The topological polar surface area (TPSA) is 41.1 Å². The molecule has 0 spiro atoms. The molecule has 0 saturated heterocycles. The van der Waals surface area contributed by atoms with Gasteiger partial charge in [-0.15, -0.1) is 0 Å². The van der Waals surface area contributed by atoms with E-state index in [0.29, 0.717) is 29.1 Å². The molecule has 2 aromatic carbocycles. The number of rotatable bonds is 1. The Balaban J connectivity index is 1.95. The summed E-state index contributed by atoms with van der Waals surface area (Å²) in [5, 5.41) is 7.52. The number of ketones is 1. The Bertz CT molecular complexity index is 964. The molecule has 2 N–H and O–H groups in total. The second-order valence-corrected chi connectivity index (χ2v) is 8.70. The van der Waals surface area contributed by atoms with Crippen LogP contribution in [0.15, 0.2) is 47.7 Å². The predicted molar refractivity (Wildman–Crippen MR) is 108 cm³/mol. The molecule has 6 heteroatoms. The van der Waals surface area contributed by atoms with Gasteiger partial charge in [0, 0.05) is 33.3 Å². The van der Waals surface area contributed by atoms with E-state index in [-0.39, 0.29) is 21.8 Å². The molecule has 1 aliphatic carbocycles. The maximum atomic E-state index is 14.8. The van der Waals surface area contributed by atoms with Gasteiger partial charge in [-0.3, -0.25) is 4.79 Å². The Morgan fingerprint density at radius 1 is 1.11 bits per heavy atom. The third kappa shape index (κ3) is 3.32. The van der Waals surface area contributed by atoms with Crippen molar-refractivity contribution in [3.8, 4) is 0 Å². The normalized spacial score (nSPS) is 20.9. The first-order valence-corrected chi connectivity index (χ1v) is 9.54. The lowest BCUT2D eigenvalue weighted by Gasteiger charge is -2.34. The minimum absolute atomic E-state index is 0.00975. The van der Waals surface area contributed by atoms with Gasteiger partial charge in [0.05, 0.1) is 17.4 Å². The fraction of sp³-hybridized carbons (Fsp3) is 0.286. The number of carbonyl (C=O) groups is 1. The van der Waals surface area contributed by atoms with Crippen molar-refractivity contribution >= 4 is 40.4 Å². The molecule has 4 rings (SSSR count). The zero-order valence-corrected chi connectivity index (χ0v) is 16.5. The summed E-state index contributed by atoms with van der Waals surface area (Å²) in [7, 11) is 0. The lowest BCUT2D eigenvalue weighted by Crippen LogP contribution is -2.31. The predicted octanol–water partition coefficient (Wildman–Crippen LogP) is 6.35. The van der Waals surface area contributed by atoms with E-state index in [1.54, 1.807) is 24.3 Å². The van der Waals surface area contributed by atoms with Crippen molar-refractivity contribution in [3.05, 3.63) is 69.1 Å². The number of Topliss-reactive ketones (excluding diaryl/α,β-unsaturated/α-hetero) is 1. The summed E-state index contributed by atoms with van der Waals surface area (Å²) in [5.41, 5.74) is 2.93. The van der Waals surface area contributed by atoms with Gasteiger partial charge in [0.15, 0.2) is 5.78 Å². The van der Waals surface area contributed by atoms with E-state index in [1.165, 1.54) is 6.07 Å². The summed E-state index contributed by atoms with van der Waals surface area (Å²) in [6, 6.07) is 9.26. The summed E-state index contributed by atoms with van der Waals surface area (Å²) < 4.78 is 14.8. The lowest BCUT2D eigenvalue weighted by molar-refractivity contribution is -0.118. The van der Waals surface area contributed by atoms with Crippen molar-refractivity contribution in [1.82, 2.24) is 0 Å². The second-order valence-electron chi connectivity index (χ2n) is 7.86. The number of fused-ring (bicyclic) bond motifs is 1. The van der Waals surface area contributed by atoms with Gasteiger partial charge in [0.25, 0.3) is 0 Å². The van der Waals surface area contributed by atoms with Crippen LogP contribution in [0, 0.1) is 11.2 Å². The highest BCUT2D eigenvalue weighted by atomic mass is 35.5. The van der Waals surface area contributed by atoms with E-state index in [2.05, 4.69) is 24.5 Å². The van der Waals surface area contributed by atoms with Crippen molar-refractivity contribution < 1.29 is 9.18 Å². The van der Waals surface area contributed by atoms with Crippen LogP contribution in [-0.4, -0.2) is 5.78 Å². The highest BCUT2D eigenvalue weighted by Gasteiger charge is 2.40. The summed E-state index contributed by atoms with van der Waals surface area (Å²) >= 11 is 12.5. The molecule has 27 heavy (non-hydrogen) atoms. The highest BCUT2D eigenvalue weighted by Crippen LogP contribution is 2.47. The van der Waals surface area contributed by atoms with Crippen LogP contribution in [0.3, 0.4) is 0 Å². The van der Waals surface area contributed by atoms with Crippen molar-refractivity contribution in [1.29, 1.82) is 0 Å². The zero-order valence-electron chi connectivity index (χ0n) is 15.0. The first-order chi connectivity index (χ1) is 12.7. The average molecular weight is 405 g/mol. The molecule has 3 nitrogen and oxygen atoms in total. The smallest absolute Gasteiger partial charge is 0.163 e. The molecule has 0 fully saturated rings. The molecule has 0 aromatic heterocycles. The molecular formula is C21H19Cl2FN2O. The van der Waals surface area contributed by atoms with E-state index in [1.807, 2.05) is 6.07 Å². The maximum Gasteiger partial charge on any atom is 0.163 e. The molecular weight excluding hydrogens is 386 g/mol. The number of hydrogen-bond acceptors (Lipinski definition) is 3. The molecule has 0 amide bonds. The minimum Gasteiger partial charge on any atom is -0.372 e. The molecule has 0 unspecified atom stereocenters. The van der Waals surface area contributed by atoms with Crippen LogP contribution in [0.25, 0.3) is 0 Å². The lowest BCUT2D eigenvalue weighted by atomic mass is 9.73. The second kappa shape index (κ2) is 6.54. The number of nitrogens with one attached hydrogen (secondary N) is 2. The first-order valence-electron chi connectivity index (χ1n) is 8.78. The van der Waals surface area contributed by atoms with Crippen molar-refractivity contribution in [2.24, 2.45) is 5.41 Å². The Morgan fingerprint density at radius 2 is 1.89 bits per heavy atom. The van der Waals surface area contributed by atoms with Crippen LogP contribution in [0.4, 0.5) is 15.8 Å². The summed E-state index contributed by atoms with van der Waals surface area (Å²) in [5.74, 6) is -0.459. The standard InChI is InChI=1S/C21H19Cl2FN2O/c1-21(2)9-16-19(17(27)10-21)20(18-12(23)4-3-5-13(18)24)26-15-8-11(22)6-7-14(15)25-16/h3-8,20,25-26H,9-10H2,1-2H3/t20-/m0/s1. The monoisotopic (exact) mass is 404 g/mol. The fourth-order valence-corrected chi connectivity index (χ4v) is 4.36. The molecule has 140 valence electrons. The van der Waals surface area contributed by atoms with Gasteiger partial charge in [-0.05, 0) is 42.2 Å². The minimum atomic E-state index is -0.690. The first kappa shape index (κ1) is 18.3. The Hall–Kier alpha value is -2.04. The Morgan fingerprint density at radius 3 is 2.63 bits per heavy atom. The van der Waals surface area contributed by atoms with E-state index >= 15 is 0 Å².